The summed E-state index contributed by atoms with van der Waals surface area (Å²) in [6.45, 7) is 1.94. The number of hydrogen-bond acceptors (Lipinski definition) is 3. The monoisotopic (exact) mass is 334 g/mol. The molecule has 1 saturated heterocycles. The quantitative estimate of drug-likeness (QED) is 0.608. The lowest BCUT2D eigenvalue weighted by Crippen LogP contribution is -2.61. The number of rotatable bonds is 5. The molecule has 0 spiro atoms. The maximum atomic E-state index is 12.6. The smallest absolute Gasteiger partial charge is 0.241 e. The molecule has 5 heteroatoms. The molecule has 0 N–H and O–H groups in total. The second-order valence-corrected chi connectivity index (χ2v) is 6.79. The standard InChI is InChI=1S/C17H22N2OS2/c1-17(12-8-7-11-13-9-5-4-6-10-13)14(20)18(2)16(22)19(3)15(17)21/h4-6,9-10H,7-8,11-12H2,1-3H3. The van der Waals surface area contributed by atoms with Crippen LogP contribution in [0.15, 0.2) is 30.3 Å². The minimum atomic E-state index is -0.627. The molecule has 1 aromatic carbocycles. The molecule has 0 radical (unpaired) electrons. The number of thiocarbonyl (C=S) groups is 2. The second kappa shape index (κ2) is 6.84. The van der Waals surface area contributed by atoms with Crippen LogP contribution < -0.4 is 0 Å². The first kappa shape index (κ1) is 17.0. The molecular weight excluding hydrogens is 312 g/mol. The van der Waals surface area contributed by atoms with Crippen molar-refractivity contribution in [2.24, 2.45) is 5.41 Å². The number of aryl methyl sites for hydroxylation is 1. The molecule has 3 nitrogen and oxygen atoms in total. The van der Waals surface area contributed by atoms with Gasteiger partial charge in [0, 0.05) is 14.1 Å². The minimum Gasteiger partial charge on any atom is -0.315 e. The van der Waals surface area contributed by atoms with E-state index in [9.17, 15) is 4.79 Å². The highest BCUT2D eigenvalue weighted by molar-refractivity contribution is 7.82. The normalized spacial score (nSPS) is 22.4. The van der Waals surface area contributed by atoms with Crippen molar-refractivity contribution in [3.63, 3.8) is 0 Å². The number of hydrogen-bond donors (Lipinski definition) is 0. The van der Waals surface area contributed by atoms with E-state index in [1.807, 2.05) is 20.0 Å². The Labute approximate surface area is 143 Å². The van der Waals surface area contributed by atoms with Crippen molar-refractivity contribution in [3.8, 4) is 0 Å². The summed E-state index contributed by atoms with van der Waals surface area (Å²) in [5.74, 6) is 0.0142. The van der Waals surface area contributed by atoms with Crippen molar-refractivity contribution in [2.45, 2.75) is 32.6 Å². The molecule has 118 valence electrons. The molecular formula is C17H22N2OS2. The Bertz CT molecular complexity index is 562. The van der Waals surface area contributed by atoms with Gasteiger partial charge in [0.15, 0.2) is 5.11 Å². The van der Waals surface area contributed by atoms with Crippen molar-refractivity contribution < 1.29 is 4.79 Å². The highest BCUT2D eigenvalue weighted by Gasteiger charge is 2.47. The molecule has 0 aromatic heterocycles. The SMILES string of the molecule is CN1C(=O)C(C)(CCCCc2ccccc2)C(=S)N(C)C1=S. The molecule has 0 bridgehead atoms. The Balaban J connectivity index is 1.96. The van der Waals surface area contributed by atoms with Crippen LogP contribution in [-0.4, -0.2) is 39.9 Å². The Kier molecular flexibility index (Phi) is 5.29. The van der Waals surface area contributed by atoms with Gasteiger partial charge < -0.3 is 4.90 Å². The predicted octanol–water partition coefficient (Wildman–Crippen LogP) is 3.42. The van der Waals surface area contributed by atoms with E-state index in [0.29, 0.717) is 10.1 Å². The lowest BCUT2D eigenvalue weighted by molar-refractivity contribution is -0.134. The van der Waals surface area contributed by atoms with E-state index in [1.54, 1.807) is 16.8 Å². The fraction of sp³-hybridized carbons (Fsp3) is 0.471. The van der Waals surface area contributed by atoms with Gasteiger partial charge in [-0.05, 0) is 44.0 Å². The van der Waals surface area contributed by atoms with Crippen molar-refractivity contribution in [2.75, 3.05) is 14.1 Å². The number of unbranched alkanes of at least 4 members (excludes halogenated alkanes) is 1. The third kappa shape index (κ3) is 3.20. The van der Waals surface area contributed by atoms with Crippen LogP contribution in [0.1, 0.15) is 31.7 Å². The van der Waals surface area contributed by atoms with Crippen molar-refractivity contribution in [1.29, 1.82) is 0 Å². The first-order chi connectivity index (χ1) is 10.4. The summed E-state index contributed by atoms with van der Waals surface area (Å²) < 4.78 is 0. The van der Waals surface area contributed by atoms with Gasteiger partial charge in [0.05, 0.1) is 10.4 Å². The zero-order valence-corrected chi connectivity index (χ0v) is 15.0. The number of nitrogens with zero attached hydrogens (tertiary/aromatic N) is 2. The first-order valence-corrected chi connectivity index (χ1v) is 8.34. The second-order valence-electron chi connectivity index (χ2n) is 6.04. The maximum Gasteiger partial charge on any atom is 0.241 e. The Morgan fingerprint density at radius 3 is 2.32 bits per heavy atom. The van der Waals surface area contributed by atoms with Gasteiger partial charge in [0.25, 0.3) is 0 Å². The van der Waals surface area contributed by atoms with Crippen LogP contribution in [0.5, 0.6) is 0 Å². The summed E-state index contributed by atoms with van der Waals surface area (Å²) in [5, 5.41) is 0.483. The van der Waals surface area contributed by atoms with Crippen LogP contribution in [0.25, 0.3) is 0 Å². The topological polar surface area (TPSA) is 23.6 Å². The molecule has 0 aliphatic carbocycles. The molecule has 1 aromatic rings. The predicted molar refractivity (Wildman–Crippen MR) is 97.8 cm³/mol. The van der Waals surface area contributed by atoms with Gasteiger partial charge in [-0.3, -0.25) is 9.69 Å². The van der Waals surface area contributed by atoms with E-state index < -0.39 is 5.41 Å². The van der Waals surface area contributed by atoms with Gasteiger partial charge in [0.1, 0.15) is 0 Å². The molecule has 1 amide bonds. The highest BCUT2D eigenvalue weighted by Crippen LogP contribution is 2.34. The average Bonchev–Trinajstić information content (AvgIpc) is 2.55. The maximum absolute atomic E-state index is 12.6. The summed E-state index contributed by atoms with van der Waals surface area (Å²) in [5.41, 5.74) is 0.707. The van der Waals surface area contributed by atoms with Crippen LogP contribution in [-0.2, 0) is 11.2 Å². The molecule has 1 unspecified atom stereocenters. The molecule has 1 heterocycles. The van der Waals surface area contributed by atoms with Gasteiger partial charge in [-0.25, -0.2) is 0 Å². The molecule has 1 fully saturated rings. The van der Waals surface area contributed by atoms with Crippen molar-refractivity contribution >= 4 is 40.4 Å². The number of benzene rings is 1. The van der Waals surface area contributed by atoms with Gasteiger partial charge in [0.2, 0.25) is 5.91 Å². The summed E-state index contributed by atoms with van der Waals surface area (Å²) in [4.78, 5) is 16.6. The van der Waals surface area contributed by atoms with E-state index in [2.05, 4.69) is 24.3 Å². The number of amides is 1. The van der Waals surface area contributed by atoms with Gasteiger partial charge in [-0.2, -0.15) is 0 Å². The fourth-order valence-electron chi connectivity index (χ4n) is 2.90. The van der Waals surface area contributed by atoms with Crippen molar-refractivity contribution in [3.05, 3.63) is 35.9 Å². The summed E-state index contributed by atoms with van der Waals surface area (Å²) >= 11 is 10.8. The average molecular weight is 335 g/mol. The van der Waals surface area contributed by atoms with Gasteiger partial charge in [-0.1, -0.05) is 49.0 Å². The third-order valence-electron chi connectivity index (χ3n) is 4.36. The highest BCUT2D eigenvalue weighted by atomic mass is 32.1. The van der Waals surface area contributed by atoms with Crippen LogP contribution in [0.4, 0.5) is 0 Å². The summed E-state index contributed by atoms with van der Waals surface area (Å²) in [6, 6.07) is 10.4. The molecule has 2 rings (SSSR count). The lowest BCUT2D eigenvalue weighted by atomic mass is 9.81. The van der Waals surface area contributed by atoms with Crippen molar-refractivity contribution in [1.82, 2.24) is 9.80 Å². The minimum absolute atomic E-state index is 0.0142. The number of carbonyl (C=O) groups excluding carboxylic acids is 1. The summed E-state index contributed by atoms with van der Waals surface area (Å²) in [6.07, 6.45) is 3.80. The fourth-order valence-corrected chi connectivity index (χ4v) is 3.40. The van der Waals surface area contributed by atoms with E-state index in [1.165, 1.54) is 5.56 Å². The molecule has 0 saturated carbocycles. The first-order valence-electron chi connectivity index (χ1n) is 7.52. The third-order valence-corrected chi connectivity index (χ3v) is 5.63. The van der Waals surface area contributed by atoms with Crippen LogP contribution in [0.2, 0.25) is 0 Å². The Morgan fingerprint density at radius 1 is 1.05 bits per heavy atom. The molecule has 1 aliphatic heterocycles. The van der Waals surface area contributed by atoms with E-state index in [-0.39, 0.29) is 5.91 Å². The van der Waals surface area contributed by atoms with E-state index in [0.717, 1.165) is 25.7 Å². The zero-order valence-electron chi connectivity index (χ0n) is 13.3. The van der Waals surface area contributed by atoms with Gasteiger partial charge >= 0.3 is 0 Å². The van der Waals surface area contributed by atoms with E-state index in [4.69, 9.17) is 24.4 Å². The lowest BCUT2D eigenvalue weighted by Gasteiger charge is -2.44. The van der Waals surface area contributed by atoms with Crippen LogP contribution in [0, 0.1) is 5.41 Å². The number of carbonyl (C=O) groups is 1. The molecule has 1 aliphatic rings. The van der Waals surface area contributed by atoms with Crippen LogP contribution in [0.3, 0.4) is 0 Å². The van der Waals surface area contributed by atoms with Gasteiger partial charge in [-0.15, -0.1) is 0 Å². The van der Waals surface area contributed by atoms with E-state index >= 15 is 0 Å². The summed E-state index contributed by atoms with van der Waals surface area (Å²) in [7, 11) is 3.57. The Morgan fingerprint density at radius 2 is 1.68 bits per heavy atom. The zero-order chi connectivity index (χ0) is 16.3. The molecule has 22 heavy (non-hydrogen) atoms. The molecule has 1 atom stereocenters. The Hall–Kier alpha value is -1.33. The van der Waals surface area contributed by atoms with Crippen LogP contribution >= 0.6 is 24.4 Å². The largest absolute Gasteiger partial charge is 0.315 e.